The van der Waals surface area contributed by atoms with Gasteiger partial charge in [0.1, 0.15) is 5.82 Å². The summed E-state index contributed by atoms with van der Waals surface area (Å²) in [6.45, 7) is 6.49. The maximum absolute atomic E-state index is 14.5. The lowest BCUT2D eigenvalue weighted by molar-refractivity contribution is 0.102. The molecule has 1 N–H and O–H groups in total. The van der Waals surface area contributed by atoms with E-state index in [4.69, 9.17) is 0 Å². The summed E-state index contributed by atoms with van der Waals surface area (Å²) in [6, 6.07) is 4.91. The van der Waals surface area contributed by atoms with E-state index in [1.54, 1.807) is 18.3 Å². The molecule has 3 rings (SSSR count). The van der Waals surface area contributed by atoms with Gasteiger partial charge >= 0.3 is 0 Å². The second-order valence-corrected chi connectivity index (χ2v) is 6.53. The van der Waals surface area contributed by atoms with Gasteiger partial charge in [-0.1, -0.05) is 6.92 Å². The monoisotopic (exact) mass is 344 g/mol. The number of carbonyl (C=O) groups excluding carboxylic acids is 1. The summed E-state index contributed by atoms with van der Waals surface area (Å²) in [7, 11) is 0. The molecule has 1 aromatic carbocycles. The number of rotatable bonds is 5. The molecule has 0 radical (unpaired) electrons. The number of halogens is 1. The lowest BCUT2D eigenvalue weighted by atomic mass is 10.1. The van der Waals surface area contributed by atoms with Crippen molar-refractivity contribution in [2.45, 2.75) is 46.1 Å². The molecule has 2 heterocycles. The van der Waals surface area contributed by atoms with Crippen LogP contribution in [0.25, 0.3) is 0 Å². The molecule has 5 nitrogen and oxygen atoms in total. The van der Waals surface area contributed by atoms with E-state index in [9.17, 15) is 9.18 Å². The van der Waals surface area contributed by atoms with Crippen molar-refractivity contribution in [3.8, 4) is 0 Å². The summed E-state index contributed by atoms with van der Waals surface area (Å²) in [5.74, 6) is -0.553. The fourth-order valence-corrected chi connectivity index (χ4v) is 3.28. The highest BCUT2D eigenvalue weighted by Crippen LogP contribution is 2.26. The standard InChI is InChI=1S/C19H25FN4O/c1-3-9-24-14(2)16(13-21-24)19(25)22-15-7-8-18(17(20)12-15)23-10-5-4-6-11-23/h7-8,12-13H,3-6,9-11H2,1-2H3,(H,22,25). The number of hydrogen-bond donors (Lipinski definition) is 1. The van der Waals surface area contributed by atoms with Crippen molar-refractivity contribution in [3.05, 3.63) is 41.5 Å². The molecule has 1 aromatic heterocycles. The number of anilines is 2. The maximum Gasteiger partial charge on any atom is 0.259 e. The van der Waals surface area contributed by atoms with Crippen LogP contribution < -0.4 is 10.2 Å². The zero-order valence-corrected chi connectivity index (χ0v) is 14.9. The fraction of sp³-hybridized carbons (Fsp3) is 0.474. The van der Waals surface area contributed by atoms with Crippen molar-refractivity contribution < 1.29 is 9.18 Å². The molecule has 1 amide bonds. The number of benzene rings is 1. The second-order valence-electron chi connectivity index (χ2n) is 6.53. The Morgan fingerprint density at radius 2 is 2.04 bits per heavy atom. The van der Waals surface area contributed by atoms with Crippen LogP contribution in [0.2, 0.25) is 0 Å². The number of hydrogen-bond acceptors (Lipinski definition) is 3. The van der Waals surface area contributed by atoms with Crippen LogP contribution in [0.15, 0.2) is 24.4 Å². The van der Waals surface area contributed by atoms with E-state index in [0.717, 1.165) is 44.6 Å². The largest absolute Gasteiger partial charge is 0.369 e. The SMILES string of the molecule is CCCn1ncc(C(=O)Nc2ccc(N3CCCCC3)c(F)c2)c1C. The van der Waals surface area contributed by atoms with E-state index in [-0.39, 0.29) is 11.7 Å². The molecule has 1 aliphatic rings. The molecule has 25 heavy (non-hydrogen) atoms. The molecule has 2 aromatic rings. The first-order chi connectivity index (χ1) is 12.1. The number of amides is 1. The molecule has 134 valence electrons. The van der Waals surface area contributed by atoms with Gasteiger partial charge in [-0.25, -0.2) is 4.39 Å². The van der Waals surface area contributed by atoms with E-state index in [1.165, 1.54) is 12.5 Å². The zero-order valence-electron chi connectivity index (χ0n) is 14.9. The molecule has 0 spiro atoms. The van der Waals surface area contributed by atoms with Gasteiger partial charge in [-0.15, -0.1) is 0 Å². The van der Waals surface area contributed by atoms with E-state index in [0.29, 0.717) is 16.9 Å². The number of aryl methyl sites for hydroxylation is 1. The van der Waals surface area contributed by atoms with Gasteiger partial charge in [0, 0.05) is 31.0 Å². The lowest BCUT2D eigenvalue weighted by Crippen LogP contribution is -2.30. The summed E-state index contributed by atoms with van der Waals surface area (Å²) in [5.41, 5.74) is 2.43. The van der Waals surface area contributed by atoms with Crippen LogP contribution in [-0.2, 0) is 6.54 Å². The first-order valence-electron chi connectivity index (χ1n) is 8.98. The summed E-state index contributed by atoms with van der Waals surface area (Å²) in [5, 5.41) is 7.01. The quantitative estimate of drug-likeness (QED) is 0.892. The van der Waals surface area contributed by atoms with Crippen molar-refractivity contribution in [2.75, 3.05) is 23.3 Å². The molecule has 0 unspecified atom stereocenters. The molecule has 0 aliphatic carbocycles. The van der Waals surface area contributed by atoms with Crippen molar-refractivity contribution in [3.63, 3.8) is 0 Å². The first-order valence-corrected chi connectivity index (χ1v) is 8.98. The topological polar surface area (TPSA) is 50.2 Å². The Labute approximate surface area is 147 Å². The minimum absolute atomic E-state index is 0.259. The number of carbonyl (C=O) groups is 1. The highest BCUT2D eigenvalue weighted by Gasteiger charge is 2.17. The van der Waals surface area contributed by atoms with Gasteiger partial charge < -0.3 is 10.2 Å². The van der Waals surface area contributed by atoms with Crippen LogP contribution in [0.1, 0.15) is 48.7 Å². The minimum atomic E-state index is -0.293. The van der Waals surface area contributed by atoms with Gasteiger partial charge in [0.2, 0.25) is 0 Å². The predicted molar refractivity (Wildman–Crippen MR) is 97.7 cm³/mol. The van der Waals surface area contributed by atoms with Gasteiger partial charge in [-0.3, -0.25) is 9.48 Å². The molecule has 6 heteroatoms. The van der Waals surface area contributed by atoms with Crippen molar-refractivity contribution >= 4 is 17.3 Å². The summed E-state index contributed by atoms with van der Waals surface area (Å²) < 4.78 is 16.3. The minimum Gasteiger partial charge on any atom is -0.369 e. The Morgan fingerprint density at radius 1 is 1.28 bits per heavy atom. The molecule has 1 fully saturated rings. The van der Waals surface area contributed by atoms with Crippen LogP contribution in [0.5, 0.6) is 0 Å². The summed E-state index contributed by atoms with van der Waals surface area (Å²) in [6.07, 6.45) is 5.92. The first kappa shape index (κ1) is 17.5. The van der Waals surface area contributed by atoms with Crippen LogP contribution in [0, 0.1) is 12.7 Å². The normalized spacial score (nSPS) is 14.6. The van der Waals surface area contributed by atoms with Gasteiger partial charge in [0.15, 0.2) is 0 Å². The van der Waals surface area contributed by atoms with Crippen LogP contribution >= 0.6 is 0 Å². The van der Waals surface area contributed by atoms with Gasteiger partial charge in [0.25, 0.3) is 5.91 Å². The third-order valence-corrected chi connectivity index (χ3v) is 4.69. The molecule has 0 bridgehead atoms. The predicted octanol–water partition coefficient (Wildman–Crippen LogP) is 3.98. The van der Waals surface area contributed by atoms with Crippen LogP contribution in [0.4, 0.5) is 15.8 Å². The van der Waals surface area contributed by atoms with Crippen LogP contribution in [-0.4, -0.2) is 28.8 Å². The van der Waals surface area contributed by atoms with Gasteiger partial charge in [-0.2, -0.15) is 5.10 Å². The molecular formula is C19H25FN4O. The van der Waals surface area contributed by atoms with Crippen molar-refractivity contribution in [2.24, 2.45) is 0 Å². The Hall–Kier alpha value is -2.37. The van der Waals surface area contributed by atoms with E-state index in [1.807, 2.05) is 11.6 Å². The fourth-order valence-electron chi connectivity index (χ4n) is 3.28. The molecule has 1 aliphatic heterocycles. The summed E-state index contributed by atoms with van der Waals surface area (Å²) >= 11 is 0. The average molecular weight is 344 g/mol. The smallest absolute Gasteiger partial charge is 0.259 e. The average Bonchev–Trinajstić information content (AvgIpc) is 2.97. The van der Waals surface area contributed by atoms with E-state index in [2.05, 4.69) is 22.2 Å². The van der Waals surface area contributed by atoms with E-state index >= 15 is 0 Å². The maximum atomic E-state index is 14.5. The van der Waals surface area contributed by atoms with Gasteiger partial charge in [-0.05, 0) is 50.8 Å². The number of aromatic nitrogens is 2. The molecular weight excluding hydrogens is 319 g/mol. The lowest BCUT2D eigenvalue weighted by Gasteiger charge is -2.29. The molecule has 0 saturated carbocycles. The Kier molecular flexibility index (Phi) is 5.36. The Bertz CT molecular complexity index is 750. The molecule has 1 saturated heterocycles. The summed E-state index contributed by atoms with van der Waals surface area (Å²) in [4.78, 5) is 14.5. The Balaban J connectivity index is 1.72. The third kappa shape index (κ3) is 3.83. The number of nitrogens with zero attached hydrogens (tertiary/aromatic N) is 3. The highest BCUT2D eigenvalue weighted by molar-refractivity contribution is 6.04. The Morgan fingerprint density at radius 3 is 2.72 bits per heavy atom. The highest BCUT2D eigenvalue weighted by atomic mass is 19.1. The van der Waals surface area contributed by atoms with E-state index < -0.39 is 0 Å². The van der Waals surface area contributed by atoms with Crippen LogP contribution in [0.3, 0.4) is 0 Å². The van der Waals surface area contributed by atoms with Crippen molar-refractivity contribution in [1.29, 1.82) is 0 Å². The van der Waals surface area contributed by atoms with Gasteiger partial charge in [0.05, 0.1) is 17.4 Å². The molecule has 0 atom stereocenters. The van der Waals surface area contributed by atoms with Crippen molar-refractivity contribution in [1.82, 2.24) is 9.78 Å². The number of piperidine rings is 1. The second kappa shape index (κ2) is 7.68. The third-order valence-electron chi connectivity index (χ3n) is 4.69. The zero-order chi connectivity index (χ0) is 17.8. The number of nitrogens with one attached hydrogen (secondary N) is 1.